The van der Waals surface area contributed by atoms with Gasteiger partial charge in [0.1, 0.15) is 6.04 Å². The number of nitrogens with one attached hydrogen (secondary N) is 2. The van der Waals surface area contributed by atoms with Gasteiger partial charge in [0.05, 0.1) is 6.04 Å². The highest BCUT2D eigenvalue weighted by atomic mass is 32.2. The van der Waals surface area contributed by atoms with Crippen LogP contribution in [0.25, 0.3) is 0 Å². The van der Waals surface area contributed by atoms with E-state index in [0.717, 1.165) is 0 Å². The number of carboxylic acid groups (broad SMARTS) is 1. The van der Waals surface area contributed by atoms with E-state index in [9.17, 15) is 14.4 Å². The first-order valence-corrected chi connectivity index (χ1v) is 9.21. The summed E-state index contributed by atoms with van der Waals surface area (Å²) in [7, 11) is 0. The first-order valence-electron chi connectivity index (χ1n) is 7.19. The Hall–Kier alpha value is -1.71. The average molecular weight is 371 g/mol. The molecule has 2 atom stereocenters. The third kappa shape index (κ3) is 6.42. The summed E-state index contributed by atoms with van der Waals surface area (Å²) in [5, 5.41) is 14.2. The van der Waals surface area contributed by atoms with Crippen LogP contribution < -0.4 is 16.4 Å². The van der Waals surface area contributed by atoms with Gasteiger partial charge in [0.2, 0.25) is 5.91 Å². The highest BCUT2D eigenvalue weighted by Gasteiger charge is 2.20. The van der Waals surface area contributed by atoms with Crippen molar-refractivity contribution in [1.82, 2.24) is 5.32 Å². The van der Waals surface area contributed by atoms with Crippen molar-refractivity contribution in [2.75, 3.05) is 23.1 Å². The molecule has 1 aromatic carbocycles. The minimum absolute atomic E-state index is 0.221. The van der Waals surface area contributed by atoms with Crippen LogP contribution in [-0.4, -0.2) is 52.7 Å². The summed E-state index contributed by atoms with van der Waals surface area (Å²) in [4.78, 5) is 34.9. The molecule has 0 heterocycles. The molecule has 0 spiro atoms. The zero-order valence-electron chi connectivity index (χ0n) is 13.2. The largest absolute Gasteiger partial charge is 0.480 e. The van der Waals surface area contributed by atoms with E-state index in [1.807, 2.05) is 6.26 Å². The Bertz CT molecular complexity index is 581. The summed E-state index contributed by atoms with van der Waals surface area (Å²) in [6.45, 7) is 0. The van der Waals surface area contributed by atoms with Crippen LogP contribution in [0.4, 0.5) is 5.69 Å². The van der Waals surface area contributed by atoms with Crippen molar-refractivity contribution in [3.63, 3.8) is 0 Å². The van der Waals surface area contributed by atoms with Crippen molar-refractivity contribution in [2.45, 2.75) is 18.5 Å². The first kappa shape index (κ1) is 20.3. The van der Waals surface area contributed by atoms with Crippen LogP contribution in [0.15, 0.2) is 24.3 Å². The van der Waals surface area contributed by atoms with Crippen molar-refractivity contribution in [1.29, 1.82) is 0 Å². The van der Waals surface area contributed by atoms with E-state index in [2.05, 4.69) is 23.3 Å². The Morgan fingerprint density at radius 1 is 1.29 bits per heavy atom. The van der Waals surface area contributed by atoms with Crippen LogP contribution in [0.2, 0.25) is 0 Å². The lowest BCUT2D eigenvalue weighted by molar-refractivity contribution is -0.139. The lowest BCUT2D eigenvalue weighted by Gasteiger charge is -2.14. The number of thiol groups is 1. The number of thioether (sulfide) groups is 1. The minimum atomic E-state index is -1.07. The Balaban J connectivity index is 2.68. The molecule has 0 aromatic heterocycles. The van der Waals surface area contributed by atoms with E-state index in [4.69, 9.17) is 10.8 Å². The van der Waals surface area contributed by atoms with Gasteiger partial charge < -0.3 is 21.5 Å². The van der Waals surface area contributed by atoms with Gasteiger partial charge >= 0.3 is 5.97 Å². The molecular formula is C15H21N3O4S2. The molecule has 0 aliphatic rings. The topological polar surface area (TPSA) is 122 Å². The van der Waals surface area contributed by atoms with Crippen molar-refractivity contribution in [3.8, 4) is 0 Å². The number of carbonyl (C=O) groups excluding carboxylic acids is 2. The van der Waals surface area contributed by atoms with Crippen molar-refractivity contribution in [2.24, 2.45) is 5.73 Å². The number of benzene rings is 1. The molecule has 2 amide bonds. The fourth-order valence-corrected chi connectivity index (χ4v) is 2.39. The maximum Gasteiger partial charge on any atom is 0.326 e. The van der Waals surface area contributed by atoms with Crippen LogP contribution in [0.3, 0.4) is 0 Å². The molecule has 0 aliphatic heterocycles. The third-order valence-corrected chi connectivity index (χ3v) is 4.20. The zero-order chi connectivity index (χ0) is 18.1. The number of carboxylic acids is 1. The van der Waals surface area contributed by atoms with Gasteiger partial charge in [-0.25, -0.2) is 4.79 Å². The molecule has 24 heavy (non-hydrogen) atoms. The van der Waals surface area contributed by atoms with Crippen molar-refractivity contribution in [3.05, 3.63) is 29.8 Å². The summed E-state index contributed by atoms with van der Waals surface area (Å²) in [6, 6.07) is 4.46. The number of hydrogen-bond acceptors (Lipinski definition) is 6. The molecule has 132 valence electrons. The summed E-state index contributed by atoms with van der Waals surface area (Å²) in [5.41, 5.74) is 6.35. The number of carbonyl (C=O) groups is 3. The zero-order valence-corrected chi connectivity index (χ0v) is 14.9. The fourth-order valence-electron chi connectivity index (χ4n) is 1.76. The second kappa shape index (κ2) is 10.2. The minimum Gasteiger partial charge on any atom is -0.480 e. The first-order chi connectivity index (χ1) is 11.4. The number of amides is 2. The molecule has 0 radical (unpaired) electrons. The molecule has 1 rings (SSSR count). The van der Waals surface area contributed by atoms with Crippen LogP contribution in [0.5, 0.6) is 0 Å². The number of anilines is 1. The van der Waals surface area contributed by atoms with Crippen molar-refractivity contribution < 1.29 is 19.5 Å². The number of hydrogen-bond donors (Lipinski definition) is 5. The van der Waals surface area contributed by atoms with Crippen LogP contribution in [-0.2, 0) is 9.59 Å². The summed E-state index contributed by atoms with van der Waals surface area (Å²) >= 11 is 5.46. The van der Waals surface area contributed by atoms with E-state index in [-0.39, 0.29) is 11.7 Å². The van der Waals surface area contributed by atoms with Gasteiger partial charge in [-0.15, -0.1) is 0 Å². The Morgan fingerprint density at radius 3 is 2.42 bits per heavy atom. The highest BCUT2D eigenvalue weighted by molar-refractivity contribution is 7.98. The standard InChI is InChI=1S/C15H21N3O4S2/c1-24-7-6-12(15(21)22)18-13(19)9-2-4-10(5-3-9)17-14(20)11(16)8-23/h2-5,11-12,23H,6-8,16H2,1H3,(H,17,20)(H,18,19)(H,21,22)/t11-,12+/m1/s1. The lowest BCUT2D eigenvalue weighted by atomic mass is 10.1. The van der Waals surface area contributed by atoms with Gasteiger partial charge in [-0.05, 0) is 42.7 Å². The second-order valence-electron chi connectivity index (χ2n) is 5.00. The number of nitrogens with two attached hydrogens (primary N) is 1. The van der Waals surface area contributed by atoms with Gasteiger partial charge in [0.25, 0.3) is 5.91 Å². The predicted molar refractivity (Wildman–Crippen MR) is 98.8 cm³/mol. The molecule has 0 saturated carbocycles. The maximum absolute atomic E-state index is 12.1. The van der Waals surface area contributed by atoms with Crippen LogP contribution >= 0.6 is 24.4 Å². The van der Waals surface area contributed by atoms with Gasteiger partial charge in [-0.3, -0.25) is 9.59 Å². The van der Waals surface area contributed by atoms with Crippen LogP contribution in [0.1, 0.15) is 16.8 Å². The second-order valence-corrected chi connectivity index (χ2v) is 6.35. The van der Waals surface area contributed by atoms with E-state index < -0.39 is 24.0 Å². The quantitative estimate of drug-likeness (QED) is 0.410. The van der Waals surface area contributed by atoms with Crippen LogP contribution in [0, 0.1) is 0 Å². The SMILES string of the molecule is CSCC[C@H](NC(=O)c1ccc(NC(=O)[C@H](N)CS)cc1)C(=O)O. The lowest BCUT2D eigenvalue weighted by Crippen LogP contribution is -2.41. The Morgan fingerprint density at radius 2 is 1.92 bits per heavy atom. The number of aliphatic carboxylic acids is 1. The van der Waals surface area contributed by atoms with E-state index in [1.54, 1.807) is 12.1 Å². The summed E-state index contributed by atoms with van der Waals surface area (Å²) in [5.74, 6) is -1.06. The van der Waals surface area contributed by atoms with Gasteiger partial charge in [0, 0.05) is 17.0 Å². The van der Waals surface area contributed by atoms with E-state index in [0.29, 0.717) is 23.4 Å². The Labute approximate surface area is 150 Å². The molecule has 7 nitrogen and oxygen atoms in total. The average Bonchev–Trinajstić information content (AvgIpc) is 2.57. The molecule has 0 bridgehead atoms. The smallest absolute Gasteiger partial charge is 0.326 e. The third-order valence-electron chi connectivity index (χ3n) is 3.16. The Kier molecular flexibility index (Phi) is 8.66. The molecule has 0 unspecified atom stereocenters. The monoisotopic (exact) mass is 371 g/mol. The molecule has 5 N–H and O–H groups in total. The molecule has 0 aliphatic carbocycles. The van der Waals surface area contributed by atoms with Gasteiger partial charge in [0.15, 0.2) is 0 Å². The van der Waals surface area contributed by atoms with E-state index in [1.165, 1.54) is 23.9 Å². The molecule has 1 aromatic rings. The predicted octanol–water partition coefficient (Wildman–Crippen LogP) is 0.818. The molecular weight excluding hydrogens is 350 g/mol. The maximum atomic E-state index is 12.1. The number of rotatable bonds is 9. The van der Waals surface area contributed by atoms with Crippen molar-refractivity contribution >= 4 is 47.9 Å². The summed E-state index contributed by atoms with van der Waals surface area (Å²) in [6.07, 6.45) is 2.21. The normalized spacial score (nSPS) is 13.0. The van der Waals surface area contributed by atoms with Gasteiger partial charge in [-0.2, -0.15) is 24.4 Å². The van der Waals surface area contributed by atoms with E-state index >= 15 is 0 Å². The highest BCUT2D eigenvalue weighted by Crippen LogP contribution is 2.11. The molecule has 9 heteroatoms. The fraction of sp³-hybridized carbons (Fsp3) is 0.400. The molecule has 0 saturated heterocycles. The summed E-state index contributed by atoms with van der Waals surface area (Å²) < 4.78 is 0. The van der Waals surface area contributed by atoms with Gasteiger partial charge in [-0.1, -0.05) is 0 Å². The molecule has 0 fully saturated rings.